The van der Waals surface area contributed by atoms with Gasteiger partial charge in [0.15, 0.2) is 0 Å². The van der Waals surface area contributed by atoms with Gasteiger partial charge in [-0.3, -0.25) is 0 Å². The molecule has 1 rings (SSSR count). The van der Waals surface area contributed by atoms with Crippen LogP contribution in [0.3, 0.4) is 0 Å². The molecule has 2 nitrogen and oxygen atoms in total. The zero-order chi connectivity index (χ0) is 7.78. The molecular formula is C5H4Cl3NO. The maximum atomic E-state index is 9.05. The molecule has 1 heterocycles. The fourth-order valence-electron chi connectivity index (χ4n) is 0.512. The smallest absolute Gasteiger partial charge is 0.235 e. The monoisotopic (exact) mass is 199 g/mol. The number of halogens is 3. The van der Waals surface area contributed by atoms with E-state index in [0.29, 0.717) is 5.03 Å². The molecule has 0 fully saturated rings. The van der Waals surface area contributed by atoms with Gasteiger partial charge in [-0.2, -0.15) is 0 Å². The molecule has 0 aromatic heterocycles. The summed E-state index contributed by atoms with van der Waals surface area (Å²) < 4.78 is 0. The van der Waals surface area contributed by atoms with Gasteiger partial charge in [0.05, 0.1) is 5.03 Å². The van der Waals surface area contributed by atoms with E-state index in [0.717, 1.165) is 0 Å². The van der Waals surface area contributed by atoms with E-state index in [9.17, 15) is 0 Å². The molecule has 56 valence electrons. The lowest BCUT2D eigenvalue weighted by Crippen LogP contribution is -2.37. The predicted molar refractivity (Wildman–Crippen MR) is 41.8 cm³/mol. The third-order valence-corrected chi connectivity index (χ3v) is 1.88. The fourth-order valence-corrected chi connectivity index (χ4v) is 1.04. The number of hydrogen-bond acceptors (Lipinski definition) is 2. The summed E-state index contributed by atoms with van der Waals surface area (Å²) in [6.45, 7) is 0. The number of allylic oxidation sites excluding steroid dienone is 2. The van der Waals surface area contributed by atoms with Gasteiger partial charge in [-0.15, -0.1) is 0 Å². The van der Waals surface area contributed by atoms with Crippen LogP contribution >= 0.6 is 34.8 Å². The minimum absolute atomic E-state index is 0.140. The predicted octanol–water partition coefficient (Wildman–Crippen LogP) is 1.68. The van der Waals surface area contributed by atoms with E-state index in [1.807, 2.05) is 0 Å². The molecule has 10 heavy (non-hydrogen) atoms. The minimum Gasteiger partial charge on any atom is -0.355 e. The Kier molecular flexibility index (Phi) is 2.15. The summed E-state index contributed by atoms with van der Waals surface area (Å²) in [5, 5.41) is 10.3. The molecule has 0 aliphatic carbocycles. The molecule has 0 saturated heterocycles. The summed E-state index contributed by atoms with van der Waals surface area (Å²) in [5.74, 6) is 0. The lowest BCUT2D eigenvalue weighted by atomic mass is 10.3. The van der Waals surface area contributed by atoms with E-state index in [1.54, 1.807) is 0 Å². The van der Waals surface area contributed by atoms with Crippen molar-refractivity contribution in [2.75, 3.05) is 0 Å². The van der Waals surface area contributed by atoms with Crippen molar-refractivity contribution in [1.82, 2.24) is 5.32 Å². The Morgan fingerprint density at radius 1 is 1.50 bits per heavy atom. The van der Waals surface area contributed by atoms with E-state index < -0.39 is 5.18 Å². The molecule has 0 saturated carbocycles. The molecule has 0 amide bonds. The van der Waals surface area contributed by atoms with E-state index in [2.05, 4.69) is 5.32 Å². The lowest BCUT2D eigenvalue weighted by Gasteiger charge is -2.22. The second kappa shape index (κ2) is 2.62. The minimum atomic E-state index is -1.60. The Bertz CT molecular complexity index is 209. The van der Waals surface area contributed by atoms with Crippen LogP contribution in [0.5, 0.6) is 0 Å². The number of aliphatic hydroxyl groups is 1. The SMILES string of the molecule is OC1(Cl)C=CC(Cl)=C(Cl)N1. The quantitative estimate of drug-likeness (QED) is 0.461. The highest BCUT2D eigenvalue weighted by atomic mass is 35.5. The van der Waals surface area contributed by atoms with Crippen molar-refractivity contribution >= 4 is 34.8 Å². The van der Waals surface area contributed by atoms with Crippen molar-refractivity contribution in [2.24, 2.45) is 0 Å². The van der Waals surface area contributed by atoms with Crippen molar-refractivity contribution in [1.29, 1.82) is 0 Å². The Hall–Kier alpha value is 0.110. The summed E-state index contributed by atoms with van der Waals surface area (Å²) >= 11 is 16.4. The van der Waals surface area contributed by atoms with Gasteiger partial charge in [-0.25, -0.2) is 0 Å². The van der Waals surface area contributed by atoms with Crippen molar-refractivity contribution in [3.05, 3.63) is 22.3 Å². The van der Waals surface area contributed by atoms with Gasteiger partial charge in [0.2, 0.25) is 5.18 Å². The van der Waals surface area contributed by atoms with Gasteiger partial charge in [0.25, 0.3) is 0 Å². The zero-order valence-corrected chi connectivity index (χ0v) is 7.00. The highest BCUT2D eigenvalue weighted by molar-refractivity contribution is 6.40. The van der Waals surface area contributed by atoms with Crippen LogP contribution in [-0.2, 0) is 0 Å². The molecule has 0 aromatic carbocycles. The second-order valence-corrected chi connectivity index (χ2v) is 3.16. The van der Waals surface area contributed by atoms with Crippen LogP contribution in [0.25, 0.3) is 0 Å². The van der Waals surface area contributed by atoms with Crippen LogP contribution in [0.2, 0.25) is 0 Å². The highest BCUT2D eigenvalue weighted by Crippen LogP contribution is 2.24. The van der Waals surface area contributed by atoms with Crippen LogP contribution in [-0.4, -0.2) is 10.3 Å². The average molecular weight is 200 g/mol. The number of alkyl halides is 1. The normalized spacial score (nSPS) is 32.4. The molecule has 0 spiro atoms. The molecule has 1 aliphatic heterocycles. The number of rotatable bonds is 0. The molecule has 1 unspecified atom stereocenters. The van der Waals surface area contributed by atoms with Gasteiger partial charge < -0.3 is 10.4 Å². The van der Waals surface area contributed by atoms with E-state index in [1.165, 1.54) is 12.2 Å². The summed E-state index contributed by atoms with van der Waals surface area (Å²) in [7, 11) is 0. The van der Waals surface area contributed by atoms with Gasteiger partial charge in [0.1, 0.15) is 5.16 Å². The third kappa shape index (κ3) is 1.80. The highest BCUT2D eigenvalue weighted by Gasteiger charge is 2.23. The first-order chi connectivity index (χ1) is 4.51. The van der Waals surface area contributed by atoms with Gasteiger partial charge in [0, 0.05) is 0 Å². The summed E-state index contributed by atoms with van der Waals surface area (Å²) in [6.07, 6.45) is 2.72. The molecule has 1 atom stereocenters. The number of nitrogens with one attached hydrogen (secondary N) is 1. The van der Waals surface area contributed by atoms with E-state index in [-0.39, 0.29) is 5.16 Å². The number of dihydropyridines is 1. The summed E-state index contributed by atoms with van der Waals surface area (Å²) in [6, 6.07) is 0. The van der Waals surface area contributed by atoms with E-state index in [4.69, 9.17) is 39.9 Å². The second-order valence-electron chi connectivity index (χ2n) is 1.79. The standard InChI is InChI=1S/C5H4Cl3NO/c6-3-1-2-5(8,10)9-4(3)7/h1-2,9-10H. The molecule has 5 heteroatoms. The Balaban J connectivity index is 2.85. The first-order valence-corrected chi connectivity index (χ1v) is 3.59. The van der Waals surface area contributed by atoms with Crippen molar-refractivity contribution < 1.29 is 5.11 Å². The Labute approximate surface area is 73.1 Å². The van der Waals surface area contributed by atoms with Crippen molar-refractivity contribution in [2.45, 2.75) is 5.18 Å². The van der Waals surface area contributed by atoms with Crippen LogP contribution in [0.1, 0.15) is 0 Å². The Morgan fingerprint density at radius 2 is 2.10 bits per heavy atom. The molecule has 1 aliphatic rings. The largest absolute Gasteiger partial charge is 0.355 e. The van der Waals surface area contributed by atoms with Gasteiger partial charge in [-0.05, 0) is 12.2 Å². The average Bonchev–Trinajstić information content (AvgIpc) is 1.79. The topological polar surface area (TPSA) is 32.3 Å². The maximum Gasteiger partial charge on any atom is 0.235 e. The summed E-state index contributed by atoms with van der Waals surface area (Å²) in [4.78, 5) is 0. The van der Waals surface area contributed by atoms with Crippen molar-refractivity contribution in [3.8, 4) is 0 Å². The Morgan fingerprint density at radius 3 is 2.50 bits per heavy atom. The first-order valence-electron chi connectivity index (χ1n) is 2.45. The van der Waals surface area contributed by atoms with Crippen LogP contribution in [0.15, 0.2) is 22.3 Å². The molecule has 0 radical (unpaired) electrons. The maximum absolute atomic E-state index is 9.05. The molecule has 0 bridgehead atoms. The van der Waals surface area contributed by atoms with Crippen LogP contribution in [0, 0.1) is 0 Å². The third-order valence-electron chi connectivity index (χ3n) is 0.945. The lowest BCUT2D eigenvalue weighted by molar-refractivity contribution is 0.154. The molecular weight excluding hydrogens is 196 g/mol. The van der Waals surface area contributed by atoms with Gasteiger partial charge >= 0.3 is 0 Å². The molecule has 2 N–H and O–H groups in total. The summed E-state index contributed by atoms with van der Waals surface area (Å²) in [5.41, 5.74) is 0. The van der Waals surface area contributed by atoms with Crippen LogP contribution in [0.4, 0.5) is 0 Å². The molecule has 0 aromatic rings. The first kappa shape index (κ1) is 8.21. The van der Waals surface area contributed by atoms with Crippen LogP contribution < -0.4 is 5.32 Å². The van der Waals surface area contributed by atoms with Crippen molar-refractivity contribution in [3.63, 3.8) is 0 Å². The fraction of sp³-hybridized carbons (Fsp3) is 0.200. The van der Waals surface area contributed by atoms with Gasteiger partial charge in [-0.1, -0.05) is 34.8 Å². The van der Waals surface area contributed by atoms with E-state index >= 15 is 0 Å². The number of hydrogen-bond donors (Lipinski definition) is 2. The zero-order valence-electron chi connectivity index (χ0n) is 4.74.